The van der Waals surface area contributed by atoms with Gasteiger partial charge in [-0.3, -0.25) is 14.4 Å². The topological polar surface area (TPSA) is 152 Å². The van der Waals surface area contributed by atoms with Crippen LogP contribution >= 0.6 is 0 Å². The van der Waals surface area contributed by atoms with E-state index in [4.69, 9.17) is 5.73 Å². The number of nitrogen functional groups attached to an aromatic ring is 1. The van der Waals surface area contributed by atoms with Gasteiger partial charge in [-0.05, 0) is 50.1 Å². The largest absolute Gasteiger partial charge is 0.382 e. The highest BCUT2D eigenvalue weighted by molar-refractivity contribution is 5.97. The first-order valence-electron chi connectivity index (χ1n) is 10.8. The molecule has 0 bridgehead atoms. The normalized spacial score (nSPS) is 10.8. The van der Waals surface area contributed by atoms with Crippen molar-refractivity contribution in [2.75, 3.05) is 12.3 Å². The van der Waals surface area contributed by atoms with Crippen LogP contribution in [-0.2, 0) is 13.0 Å². The van der Waals surface area contributed by atoms with Crippen LogP contribution in [0.25, 0.3) is 16.7 Å². The van der Waals surface area contributed by atoms with Crippen molar-refractivity contribution in [1.82, 2.24) is 24.6 Å². The number of fused-ring (bicyclic) bond motifs is 1. The number of hydrogen-bond donors (Lipinski definition) is 3. The van der Waals surface area contributed by atoms with Crippen molar-refractivity contribution >= 4 is 22.8 Å². The Morgan fingerprint density at radius 2 is 1.97 bits per heavy atom. The third-order valence-electron chi connectivity index (χ3n) is 5.54. The van der Waals surface area contributed by atoms with Crippen LogP contribution in [0.15, 0.2) is 58.1 Å². The van der Waals surface area contributed by atoms with Gasteiger partial charge in [-0.1, -0.05) is 18.2 Å². The minimum absolute atomic E-state index is 0.281. The van der Waals surface area contributed by atoms with Crippen LogP contribution < -0.4 is 22.2 Å². The van der Waals surface area contributed by atoms with Gasteiger partial charge in [-0.2, -0.15) is 10.4 Å². The van der Waals surface area contributed by atoms with Crippen molar-refractivity contribution in [2.24, 2.45) is 0 Å². The summed E-state index contributed by atoms with van der Waals surface area (Å²) in [5.41, 5.74) is 7.76. The first kappa shape index (κ1) is 22.5. The first-order chi connectivity index (χ1) is 16.4. The Morgan fingerprint density at radius 3 is 2.68 bits per heavy atom. The maximum Gasteiger partial charge on any atom is 0.316 e. The molecule has 0 atom stereocenters. The third kappa shape index (κ3) is 4.19. The third-order valence-corrected chi connectivity index (χ3v) is 5.54. The summed E-state index contributed by atoms with van der Waals surface area (Å²) in [7, 11) is 0. The van der Waals surface area contributed by atoms with Crippen LogP contribution in [0.3, 0.4) is 0 Å². The molecule has 4 aromatic rings. The Kier molecular flexibility index (Phi) is 6.27. The number of benzene rings is 2. The number of carbonyl (C=O) groups excluding carboxylic acids is 1. The quantitative estimate of drug-likeness (QED) is 0.284. The molecule has 2 aromatic carbocycles. The molecule has 0 aliphatic rings. The van der Waals surface area contributed by atoms with E-state index < -0.39 is 11.1 Å². The number of aromatic nitrogens is 4. The lowest BCUT2D eigenvalue weighted by molar-refractivity contribution is 0.0953. The average Bonchev–Trinajstić information content (AvgIpc) is 3.17. The number of hydrogen-bond acceptors (Lipinski definition) is 6. The van der Waals surface area contributed by atoms with Gasteiger partial charge >= 0.3 is 11.1 Å². The van der Waals surface area contributed by atoms with Crippen molar-refractivity contribution in [1.29, 1.82) is 5.26 Å². The SMILES string of the molecule is CCn1c(=O)c(=O)[nH]c2cc(C(=O)NCCCc3nn(-c4ccccc4)c(N)c3C#N)ccc21. The summed E-state index contributed by atoms with van der Waals surface area (Å²) in [5, 5.41) is 16.8. The van der Waals surface area contributed by atoms with Crippen LogP contribution in [0, 0.1) is 11.3 Å². The molecule has 2 aromatic heterocycles. The Morgan fingerprint density at radius 1 is 1.21 bits per heavy atom. The fourth-order valence-electron chi connectivity index (χ4n) is 3.84. The smallest absolute Gasteiger partial charge is 0.316 e. The highest BCUT2D eigenvalue weighted by Crippen LogP contribution is 2.21. The van der Waals surface area contributed by atoms with Gasteiger partial charge in [-0.25, -0.2) is 4.68 Å². The maximum atomic E-state index is 12.6. The zero-order chi connectivity index (χ0) is 24.2. The van der Waals surface area contributed by atoms with E-state index >= 15 is 0 Å². The molecule has 0 saturated carbocycles. The first-order valence-corrected chi connectivity index (χ1v) is 10.8. The Balaban J connectivity index is 1.44. The summed E-state index contributed by atoms with van der Waals surface area (Å²) in [5.74, 6) is -0.0321. The molecule has 10 nitrogen and oxygen atoms in total. The molecule has 34 heavy (non-hydrogen) atoms. The van der Waals surface area contributed by atoms with Crippen molar-refractivity contribution < 1.29 is 4.79 Å². The number of aromatic amines is 1. The summed E-state index contributed by atoms with van der Waals surface area (Å²) >= 11 is 0. The van der Waals surface area contributed by atoms with Crippen molar-refractivity contribution in [3.8, 4) is 11.8 Å². The molecule has 0 aliphatic carbocycles. The lowest BCUT2D eigenvalue weighted by atomic mass is 10.1. The number of aryl methyl sites for hydroxylation is 2. The van der Waals surface area contributed by atoms with E-state index in [0.717, 1.165) is 5.69 Å². The molecule has 1 amide bonds. The van der Waals surface area contributed by atoms with Crippen LogP contribution in [-0.4, -0.2) is 31.8 Å². The van der Waals surface area contributed by atoms with E-state index in [9.17, 15) is 19.6 Å². The second kappa shape index (κ2) is 9.46. The predicted molar refractivity (Wildman–Crippen MR) is 128 cm³/mol. The predicted octanol–water partition coefficient (Wildman–Crippen LogP) is 1.71. The van der Waals surface area contributed by atoms with Gasteiger partial charge in [0.25, 0.3) is 5.91 Å². The molecule has 2 heterocycles. The molecular weight excluding hydrogens is 434 g/mol. The maximum absolute atomic E-state index is 12.6. The van der Waals surface area contributed by atoms with Gasteiger partial charge in [0, 0.05) is 18.7 Å². The number of nitrogens with zero attached hydrogens (tertiary/aromatic N) is 4. The number of carbonyl (C=O) groups is 1. The van der Waals surface area contributed by atoms with Gasteiger partial charge in [0.1, 0.15) is 17.5 Å². The fraction of sp³-hybridized carbons (Fsp3) is 0.208. The van der Waals surface area contributed by atoms with E-state index in [1.165, 1.54) is 9.25 Å². The molecule has 0 aliphatic heterocycles. The van der Waals surface area contributed by atoms with Gasteiger partial charge in [-0.15, -0.1) is 0 Å². The fourth-order valence-corrected chi connectivity index (χ4v) is 3.84. The van der Waals surface area contributed by atoms with Gasteiger partial charge in [0.2, 0.25) is 0 Å². The summed E-state index contributed by atoms with van der Waals surface area (Å²) in [6, 6.07) is 16.2. The molecule has 4 rings (SSSR count). The van der Waals surface area contributed by atoms with E-state index in [0.29, 0.717) is 53.8 Å². The van der Waals surface area contributed by atoms with E-state index in [-0.39, 0.29) is 11.7 Å². The van der Waals surface area contributed by atoms with E-state index in [2.05, 4.69) is 21.5 Å². The Hall–Kier alpha value is -4.65. The number of H-pyrrole nitrogens is 1. The molecule has 0 unspecified atom stereocenters. The molecular formula is C24H23N7O3. The summed E-state index contributed by atoms with van der Waals surface area (Å²) in [6.45, 7) is 2.47. The molecule has 10 heteroatoms. The van der Waals surface area contributed by atoms with Gasteiger partial charge < -0.3 is 20.6 Å². The monoisotopic (exact) mass is 457 g/mol. The standard InChI is InChI=1S/C24H23N7O3/c1-2-30-20-11-10-15(13-19(20)28-23(33)24(30)34)22(32)27-12-6-9-18-17(14-25)21(26)31(29-18)16-7-4-3-5-8-16/h3-5,7-8,10-11,13H,2,6,9,12,26H2,1H3,(H,27,32)(H,28,33). The van der Waals surface area contributed by atoms with Gasteiger partial charge in [0.15, 0.2) is 0 Å². The van der Waals surface area contributed by atoms with E-state index in [1.54, 1.807) is 25.1 Å². The summed E-state index contributed by atoms with van der Waals surface area (Å²) in [6.07, 6.45) is 1.01. The van der Waals surface area contributed by atoms with Crippen molar-refractivity contribution in [2.45, 2.75) is 26.3 Å². The number of nitrogens with two attached hydrogens (primary N) is 1. The highest BCUT2D eigenvalue weighted by atomic mass is 16.2. The van der Waals surface area contributed by atoms with Gasteiger partial charge in [0.05, 0.1) is 22.4 Å². The van der Waals surface area contributed by atoms with Crippen LogP contribution in [0.5, 0.6) is 0 Å². The summed E-state index contributed by atoms with van der Waals surface area (Å²) in [4.78, 5) is 39.0. The molecule has 0 fully saturated rings. The number of para-hydroxylation sites is 1. The molecule has 0 spiro atoms. The minimum atomic E-state index is -0.727. The number of nitriles is 1. The number of anilines is 1. The number of nitrogens with one attached hydrogen (secondary N) is 2. The second-order valence-electron chi connectivity index (χ2n) is 7.66. The minimum Gasteiger partial charge on any atom is -0.382 e. The highest BCUT2D eigenvalue weighted by Gasteiger charge is 2.16. The van der Waals surface area contributed by atoms with Crippen molar-refractivity contribution in [3.05, 3.63) is 86.1 Å². The van der Waals surface area contributed by atoms with Crippen LogP contribution in [0.2, 0.25) is 0 Å². The second-order valence-corrected chi connectivity index (χ2v) is 7.66. The molecule has 0 radical (unpaired) electrons. The molecule has 0 saturated heterocycles. The number of amides is 1. The Bertz CT molecular complexity index is 1520. The molecule has 4 N–H and O–H groups in total. The zero-order valence-electron chi connectivity index (χ0n) is 18.5. The van der Waals surface area contributed by atoms with Crippen molar-refractivity contribution in [3.63, 3.8) is 0 Å². The Labute approximate surface area is 194 Å². The summed E-state index contributed by atoms with van der Waals surface area (Å²) < 4.78 is 2.90. The lowest BCUT2D eigenvalue weighted by Gasteiger charge is -2.09. The van der Waals surface area contributed by atoms with E-state index in [1.807, 2.05) is 30.3 Å². The number of rotatable bonds is 7. The average molecular weight is 457 g/mol. The zero-order valence-corrected chi connectivity index (χ0v) is 18.5. The lowest BCUT2D eigenvalue weighted by Crippen LogP contribution is -2.36. The molecule has 172 valence electrons. The van der Waals surface area contributed by atoms with Crippen LogP contribution in [0.1, 0.15) is 35.0 Å². The van der Waals surface area contributed by atoms with Crippen LogP contribution in [0.4, 0.5) is 5.82 Å².